The highest BCUT2D eigenvalue weighted by molar-refractivity contribution is 5.85. The molecule has 0 spiro atoms. The van der Waals surface area contributed by atoms with E-state index in [9.17, 15) is 9.59 Å². The van der Waals surface area contributed by atoms with E-state index >= 15 is 0 Å². The number of hydrogen-bond acceptors (Lipinski definition) is 3. The fraction of sp³-hybridized carbons (Fsp3) is 0.429. The fourth-order valence-electron chi connectivity index (χ4n) is 2.08. The Hall–Kier alpha value is -1.88. The second-order valence-corrected chi connectivity index (χ2v) is 4.70. The Kier molecular flexibility index (Phi) is 4.92. The van der Waals surface area contributed by atoms with Crippen LogP contribution in [0.2, 0.25) is 0 Å². The van der Waals surface area contributed by atoms with Crippen molar-refractivity contribution in [3.63, 3.8) is 0 Å². The van der Waals surface area contributed by atoms with Crippen LogP contribution < -0.4 is 16.0 Å². The fourth-order valence-corrected chi connectivity index (χ4v) is 2.08. The zero-order valence-electron chi connectivity index (χ0n) is 10.8. The summed E-state index contributed by atoms with van der Waals surface area (Å²) in [5.41, 5.74) is 0.945. The second kappa shape index (κ2) is 6.89. The van der Waals surface area contributed by atoms with Crippen molar-refractivity contribution in [3.8, 4) is 0 Å². The molecule has 1 aliphatic heterocycles. The van der Waals surface area contributed by atoms with Crippen LogP contribution in [-0.4, -0.2) is 37.5 Å². The minimum Gasteiger partial charge on any atom is -0.351 e. The molecule has 1 atom stereocenters. The van der Waals surface area contributed by atoms with Crippen LogP contribution in [0.4, 0.5) is 0 Å². The van der Waals surface area contributed by atoms with Crippen LogP contribution in [0.25, 0.3) is 0 Å². The van der Waals surface area contributed by atoms with E-state index in [2.05, 4.69) is 16.0 Å². The first-order valence-electron chi connectivity index (χ1n) is 6.55. The Morgan fingerprint density at radius 1 is 1.21 bits per heavy atom. The van der Waals surface area contributed by atoms with Gasteiger partial charge in [-0.15, -0.1) is 0 Å². The molecule has 19 heavy (non-hydrogen) atoms. The van der Waals surface area contributed by atoms with E-state index in [1.807, 2.05) is 30.3 Å². The van der Waals surface area contributed by atoms with Crippen molar-refractivity contribution in [3.05, 3.63) is 35.9 Å². The number of benzene rings is 1. The largest absolute Gasteiger partial charge is 0.351 e. The molecule has 0 radical (unpaired) electrons. The molecule has 1 saturated heterocycles. The van der Waals surface area contributed by atoms with Crippen LogP contribution >= 0.6 is 0 Å². The molecule has 5 nitrogen and oxygen atoms in total. The number of nitrogens with one attached hydrogen (secondary N) is 3. The van der Waals surface area contributed by atoms with Crippen LogP contribution in [0.1, 0.15) is 12.0 Å². The Morgan fingerprint density at radius 2 is 2.00 bits per heavy atom. The molecule has 1 aromatic carbocycles. The summed E-state index contributed by atoms with van der Waals surface area (Å²) in [6.07, 6.45) is 1.25. The third-order valence-corrected chi connectivity index (χ3v) is 3.08. The molecule has 0 saturated carbocycles. The zero-order chi connectivity index (χ0) is 13.5. The molecule has 0 aromatic heterocycles. The molecular formula is C14H19N3O2. The van der Waals surface area contributed by atoms with Crippen LogP contribution in [0.15, 0.2) is 30.3 Å². The molecule has 3 N–H and O–H groups in total. The summed E-state index contributed by atoms with van der Waals surface area (Å²) >= 11 is 0. The van der Waals surface area contributed by atoms with E-state index in [1.54, 1.807) is 0 Å². The van der Waals surface area contributed by atoms with E-state index < -0.39 is 0 Å². The first kappa shape index (κ1) is 13.5. The molecule has 1 fully saturated rings. The van der Waals surface area contributed by atoms with Gasteiger partial charge in [-0.1, -0.05) is 30.3 Å². The van der Waals surface area contributed by atoms with Crippen molar-refractivity contribution in [1.82, 2.24) is 16.0 Å². The van der Waals surface area contributed by atoms with Crippen LogP contribution in [0.3, 0.4) is 0 Å². The zero-order valence-corrected chi connectivity index (χ0v) is 10.8. The maximum Gasteiger partial charge on any atom is 0.239 e. The van der Waals surface area contributed by atoms with Gasteiger partial charge in [0.15, 0.2) is 0 Å². The average molecular weight is 261 g/mol. The Bertz CT molecular complexity index is 428. The van der Waals surface area contributed by atoms with Gasteiger partial charge in [-0.05, 0) is 18.5 Å². The molecule has 1 unspecified atom stereocenters. The number of amides is 2. The highest BCUT2D eigenvalue weighted by atomic mass is 16.2. The Labute approximate surface area is 112 Å². The number of carbonyl (C=O) groups is 2. The predicted molar refractivity (Wildman–Crippen MR) is 72.6 cm³/mol. The van der Waals surface area contributed by atoms with Crippen molar-refractivity contribution in [2.24, 2.45) is 0 Å². The van der Waals surface area contributed by atoms with Crippen molar-refractivity contribution in [1.29, 1.82) is 0 Å². The molecule has 2 rings (SSSR count). The van der Waals surface area contributed by atoms with E-state index in [-0.39, 0.29) is 24.4 Å². The number of carbonyl (C=O) groups excluding carboxylic acids is 2. The van der Waals surface area contributed by atoms with E-state index in [0.717, 1.165) is 25.1 Å². The van der Waals surface area contributed by atoms with Gasteiger partial charge in [0, 0.05) is 12.6 Å². The maximum absolute atomic E-state index is 11.7. The Morgan fingerprint density at radius 3 is 2.68 bits per heavy atom. The lowest BCUT2D eigenvalue weighted by Gasteiger charge is -2.11. The molecule has 102 valence electrons. The lowest BCUT2D eigenvalue weighted by molar-refractivity contribution is -0.126. The smallest absolute Gasteiger partial charge is 0.239 e. The van der Waals surface area contributed by atoms with E-state index in [0.29, 0.717) is 6.42 Å². The SMILES string of the molecule is O=C(Cc1ccccc1)NCC(=O)NC1CCNC1. The van der Waals surface area contributed by atoms with Crippen molar-refractivity contribution >= 4 is 11.8 Å². The molecule has 1 aromatic rings. The minimum absolute atomic E-state index is 0.0438. The topological polar surface area (TPSA) is 70.2 Å². The van der Waals surface area contributed by atoms with Gasteiger partial charge in [-0.3, -0.25) is 9.59 Å². The van der Waals surface area contributed by atoms with Gasteiger partial charge in [0.05, 0.1) is 13.0 Å². The van der Waals surface area contributed by atoms with Crippen molar-refractivity contribution in [2.45, 2.75) is 18.9 Å². The first-order valence-corrected chi connectivity index (χ1v) is 6.55. The summed E-state index contributed by atoms with van der Waals surface area (Å²) in [5.74, 6) is -0.263. The molecule has 5 heteroatoms. The molecule has 2 amide bonds. The highest BCUT2D eigenvalue weighted by Crippen LogP contribution is 1.99. The third kappa shape index (κ3) is 4.71. The molecule has 1 aliphatic rings. The predicted octanol–water partition coefficient (Wildman–Crippen LogP) is -0.177. The molecule has 1 heterocycles. The Balaban J connectivity index is 1.67. The summed E-state index contributed by atoms with van der Waals surface area (Å²) < 4.78 is 0. The van der Waals surface area contributed by atoms with Gasteiger partial charge in [-0.2, -0.15) is 0 Å². The average Bonchev–Trinajstić information content (AvgIpc) is 2.90. The summed E-state index contributed by atoms with van der Waals surface area (Å²) in [5, 5.41) is 8.69. The molecule has 0 bridgehead atoms. The lowest BCUT2D eigenvalue weighted by atomic mass is 10.1. The number of rotatable bonds is 5. The summed E-state index contributed by atoms with van der Waals surface area (Å²) in [4.78, 5) is 23.3. The van der Waals surface area contributed by atoms with E-state index in [4.69, 9.17) is 0 Å². The van der Waals surface area contributed by atoms with Gasteiger partial charge >= 0.3 is 0 Å². The molecular weight excluding hydrogens is 242 g/mol. The van der Waals surface area contributed by atoms with Crippen LogP contribution in [0.5, 0.6) is 0 Å². The monoisotopic (exact) mass is 261 g/mol. The van der Waals surface area contributed by atoms with E-state index in [1.165, 1.54) is 0 Å². The van der Waals surface area contributed by atoms with Crippen LogP contribution in [0, 0.1) is 0 Å². The van der Waals surface area contributed by atoms with Gasteiger partial charge in [0.25, 0.3) is 0 Å². The molecule has 0 aliphatic carbocycles. The van der Waals surface area contributed by atoms with Gasteiger partial charge < -0.3 is 16.0 Å². The second-order valence-electron chi connectivity index (χ2n) is 4.70. The van der Waals surface area contributed by atoms with Crippen molar-refractivity contribution < 1.29 is 9.59 Å². The minimum atomic E-state index is -0.133. The van der Waals surface area contributed by atoms with Gasteiger partial charge in [0.1, 0.15) is 0 Å². The van der Waals surface area contributed by atoms with Gasteiger partial charge in [-0.25, -0.2) is 0 Å². The quantitative estimate of drug-likeness (QED) is 0.689. The first-order chi connectivity index (χ1) is 9.24. The lowest BCUT2D eigenvalue weighted by Crippen LogP contribution is -2.43. The van der Waals surface area contributed by atoms with Crippen molar-refractivity contribution in [2.75, 3.05) is 19.6 Å². The maximum atomic E-state index is 11.7. The summed E-state index contributed by atoms with van der Waals surface area (Å²) in [6, 6.07) is 9.67. The highest BCUT2D eigenvalue weighted by Gasteiger charge is 2.16. The van der Waals surface area contributed by atoms with Gasteiger partial charge in [0.2, 0.25) is 11.8 Å². The standard InChI is InChI=1S/C14H19N3O2/c18-13(8-11-4-2-1-3-5-11)16-10-14(19)17-12-6-7-15-9-12/h1-5,12,15H,6-10H2,(H,16,18)(H,17,19). The number of hydrogen-bond donors (Lipinski definition) is 3. The summed E-state index contributed by atoms with van der Waals surface area (Å²) in [6.45, 7) is 1.79. The summed E-state index contributed by atoms with van der Waals surface area (Å²) in [7, 11) is 0. The normalized spacial score (nSPS) is 18.0. The van der Waals surface area contributed by atoms with Crippen LogP contribution in [-0.2, 0) is 16.0 Å². The third-order valence-electron chi connectivity index (χ3n) is 3.08.